The minimum absolute atomic E-state index is 0.320. The molecule has 0 spiro atoms. The van der Waals surface area contributed by atoms with Crippen LogP contribution in [0, 0.1) is 17.3 Å². The van der Waals surface area contributed by atoms with Gasteiger partial charge in [-0.2, -0.15) is 0 Å². The van der Waals surface area contributed by atoms with E-state index in [1.54, 1.807) is 12.5 Å². The highest BCUT2D eigenvalue weighted by Crippen LogP contribution is 2.43. The molecule has 0 amide bonds. The molecule has 3 heteroatoms. The van der Waals surface area contributed by atoms with Crippen LogP contribution in [0.3, 0.4) is 0 Å². The van der Waals surface area contributed by atoms with Crippen LogP contribution < -0.4 is 11.1 Å². The van der Waals surface area contributed by atoms with Gasteiger partial charge in [-0.15, -0.1) is 0 Å². The molecular formula is C15H26N2O. The van der Waals surface area contributed by atoms with E-state index in [1.165, 1.54) is 12.0 Å². The maximum absolute atomic E-state index is 6.19. The molecule has 18 heavy (non-hydrogen) atoms. The maximum Gasteiger partial charge on any atom is 0.0947 e. The highest BCUT2D eigenvalue weighted by atomic mass is 16.3. The molecule has 3 nitrogen and oxygen atoms in total. The largest absolute Gasteiger partial charge is 0.472 e. The van der Waals surface area contributed by atoms with Gasteiger partial charge >= 0.3 is 0 Å². The van der Waals surface area contributed by atoms with Crippen molar-refractivity contribution in [2.24, 2.45) is 23.0 Å². The molecular weight excluding hydrogens is 224 g/mol. The summed E-state index contributed by atoms with van der Waals surface area (Å²) in [5.41, 5.74) is 7.73. The highest BCUT2D eigenvalue weighted by molar-refractivity contribution is 5.04. The first-order chi connectivity index (χ1) is 8.51. The van der Waals surface area contributed by atoms with Crippen LogP contribution in [-0.4, -0.2) is 12.6 Å². The van der Waals surface area contributed by atoms with E-state index in [1.807, 2.05) is 6.07 Å². The normalized spacial score (nSPS) is 31.4. The minimum Gasteiger partial charge on any atom is -0.472 e. The zero-order valence-electron chi connectivity index (χ0n) is 11.8. The summed E-state index contributed by atoms with van der Waals surface area (Å²) in [6.45, 7) is 8.98. The van der Waals surface area contributed by atoms with Gasteiger partial charge in [0.1, 0.15) is 0 Å². The Hall–Kier alpha value is -0.800. The van der Waals surface area contributed by atoms with Gasteiger partial charge in [0.25, 0.3) is 0 Å². The molecule has 1 aliphatic rings. The Morgan fingerprint density at radius 2 is 2.22 bits per heavy atom. The summed E-state index contributed by atoms with van der Waals surface area (Å²) in [7, 11) is 0. The summed E-state index contributed by atoms with van der Waals surface area (Å²) < 4.78 is 5.07. The molecule has 1 aromatic rings. The molecule has 0 aliphatic heterocycles. The molecule has 1 fully saturated rings. The highest BCUT2D eigenvalue weighted by Gasteiger charge is 2.41. The van der Waals surface area contributed by atoms with Gasteiger partial charge in [0.05, 0.1) is 12.5 Å². The lowest BCUT2D eigenvalue weighted by atomic mass is 9.61. The molecule has 1 saturated carbocycles. The molecule has 1 aromatic heterocycles. The van der Waals surface area contributed by atoms with Crippen LogP contribution in [0.4, 0.5) is 0 Å². The molecule has 2 rings (SSSR count). The maximum atomic E-state index is 6.19. The number of hydrogen-bond donors (Lipinski definition) is 2. The second-order valence-electron chi connectivity index (χ2n) is 6.31. The summed E-state index contributed by atoms with van der Waals surface area (Å²) in [5, 5.41) is 3.55. The number of nitrogens with two attached hydrogens (primary N) is 1. The minimum atomic E-state index is 0.320. The van der Waals surface area contributed by atoms with Crippen LogP contribution >= 0.6 is 0 Å². The number of nitrogens with one attached hydrogen (secondary N) is 1. The molecule has 3 unspecified atom stereocenters. The zero-order valence-corrected chi connectivity index (χ0v) is 11.8. The van der Waals surface area contributed by atoms with Gasteiger partial charge in [0.2, 0.25) is 0 Å². The Morgan fingerprint density at radius 3 is 2.89 bits per heavy atom. The third-order valence-corrected chi connectivity index (χ3v) is 5.02. The zero-order chi connectivity index (χ0) is 13.2. The van der Waals surface area contributed by atoms with E-state index >= 15 is 0 Å². The predicted molar refractivity (Wildman–Crippen MR) is 74.1 cm³/mol. The van der Waals surface area contributed by atoms with Crippen LogP contribution in [-0.2, 0) is 6.54 Å². The van der Waals surface area contributed by atoms with E-state index in [0.29, 0.717) is 23.3 Å². The van der Waals surface area contributed by atoms with E-state index in [9.17, 15) is 0 Å². The van der Waals surface area contributed by atoms with E-state index in [-0.39, 0.29) is 0 Å². The monoisotopic (exact) mass is 250 g/mol. The molecule has 0 radical (unpaired) electrons. The van der Waals surface area contributed by atoms with Crippen LogP contribution in [0.25, 0.3) is 0 Å². The summed E-state index contributed by atoms with van der Waals surface area (Å²) in [5.74, 6) is 1.30. The SMILES string of the molecule is CC1C(N)CCC(CNCc2ccoc2)C1(C)C. The number of hydrogen-bond acceptors (Lipinski definition) is 3. The average molecular weight is 250 g/mol. The van der Waals surface area contributed by atoms with Crippen LogP contribution in [0.15, 0.2) is 23.0 Å². The lowest BCUT2D eigenvalue weighted by Crippen LogP contribution is -2.49. The smallest absolute Gasteiger partial charge is 0.0947 e. The van der Waals surface area contributed by atoms with Gasteiger partial charge in [-0.3, -0.25) is 0 Å². The van der Waals surface area contributed by atoms with Crippen molar-refractivity contribution in [3.05, 3.63) is 24.2 Å². The van der Waals surface area contributed by atoms with Crippen LogP contribution in [0.1, 0.15) is 39.2 Å². The van der Waals surface area contributed by atoms with Crippen molar-refractivity contribution >= 4 is 0 Å². The van der Waals surface area contributed by atoms with Crippen LogP contribution in [0.2, 0.25) is 0 Å². The molecule has 1 aliphatic carbocycles. The molecule has 1 heterocycles. The van der Waals surface area contributed by atoms with Crippen molar-refractivity contribution in [2.45, 2.75) is 46.2 Å². The number of rotatable bonds is 4. The predicted octanol–water partition coefficient (Wildman–Crippen LogP) is 2.77. The van der Waals surface area contributed by atoms with E-state index in [2.05, 4.69) is 26.1 Å². The van der Waals surface area contributed by atoms with E-state index in [0.717, 1.165) is 19.5 Å². The first-order valence-electron chi connectivity index (χ1n) is 6.99. The standard InChI is InChI=1S/C15H26N2O/c1-11-14(16)5-4-13(15(11,2)3)9-17-8-12-6-7-18-10-12/h6-7,10-11,13-14,17H,4-5,8-9,16H2,1-3H3. The second-order valence-corrected chi connectivity index (χ2v) is 6.31. The molecule has 3 atom stereocenters. The fourth-order valence-corrected chi connectivity index (χ4v) is 3.09. The van der Waals surface area contributed by atoms with E-state index < -0.39 is 0 Å². The average Bonchev–Trinajstić information content (AvgIpc) is 2.83. The lowest BCUT2D eigenvalue weighted by molar-refractivity contribution is 0.0539. The van der Waals surface area contributed by atoms with Crippen molar-refractivity contribution in [1.82, 2.24) is 5.32 Å². The summed E-state index contributed by atoms with van der Waals surface area (Å²) in [4.78, 5) is 0. The van der Waals surface area contributed by atoms with Gasteiger partial charge in [-0.05, 0) is 42.7 Å². The second kappa shape index (κ2) is 5.45. The van der Waals surface area contributed by atoms with Gasteiger partial charge in [0.15, 0.2) is 0 Å². The summed E-state index contributed by atoms with van der Waals surface area (Å²) in [6, 6.07) is 2.38. The van der Waals surface area contributed by atoms with Gasteiger partial charge in [-0.1, -0.05) is 20.8 Å². The number of furan rings is 1. The van der Waals surface area contributed by atoms with Crippen LogP contribution in [0.5, 0.6) is 0 Å². The molecule has 102 valence electrons. The third kappa shape index (κ3) is 2.78. The molecule has 0 bridgehead atoms. The van der Waals surface area contributed by atoms with Crippen molar-refractivity contribution < 1.29 is 4.42 Å². The Morgan fingerprint density at radius 1 is 1.44 bits per heavy atom. The van der Waals surface area contributed by atoms with Crippen molar-refractivity contribution in [3.63, 3.8) is 0 Å². The first-order valence-corrected chi connectivity index (χ1v) is 6.99. The van der Waals surface area contributed by atoms with Gasteiger partial charge in [0, 0.05) is 18.2 Å². The summed E-state index contributed by atoms with van der Waals surface area (Å²) in [6.07, 6.45) is 5.92. The first kappa shape index (κ1) is 13.6. The Labute approximate surface area is 110 Å². The van der Waals surface area contributed by atoms with Crippen molar-refractivity contribution in [1.29, 1.82) is 0 Å². The molecule has 0 saturated heterocycles. The van der Waals surface area contributed by atoms with Gasteiger partial charge < -0.3 is 15.5 Å². The van der Waals surface area contributed by atoms with E-state index in [4.69, 9.17) is 10.2 Å². The third-order valence-electron chi connectivity index (χ3n) is 5.02. The molecule has 3 N–H and O–H groups in total. The fraction of sp³-hybridized carbons (Fsp3) is 0.733. The molecule has 0 aromatic carbocycles. The van der Waals surface area contributed by atoms with Gasteiger partial charge in [-0.25, -0.2) is 0 Å². The Kier molecular flexibility index (Phi) is 4.13. The lowest BCUT2D eigenvalue weighted by Gasteiger charge is -2.47. The Balaban J connectivity index is 1.85. The quantitative estimate of drug-likeness (QED) is 0.864. The fourth-order valence-electron chi connectivity index (χ4n) is 3.09. The Bertz CT molecular complexity index is 359. The van der Waals surface area contributed by atoms with Crippen molar-refractivity contribution in [3.8, 4) is 0 Å². The topological polar surface area (TPSA) is 51.2 Å². The van der Waals surface area contributed by atoms with Crippen molar-refractivity contribution in [2.75, 3.05) is 6.54 Å². The summed E-state index contributed by atoms with van der Waals surface area (Å²) >= 11 is 0.